The third-order valence-electron chi connectivity index (χ3n) is 3.53. The van der Waals surface area contributed by atoms with E-state index >= 15 is 0 Å². The molecule has 0 saturated carbocycles. The number of amides is 1. The minimum Gasteiger partial charge on any atom is -0.480 e. The van der Waals surface area contributed by atoms with Gasteiger partial charge in [0.15, 0.2) is 0 Å². The average Bonchev–Trinajstić information content (AvgIpc) is 3.01. The molecular weight excluding hydrogens is 320 g/mol. The van der Waals surface area contributed by atoms with Crippen molar-refractivity contribution in [2.45, 2.75) is 26.3 Å². The summed E-state index contributed by atoms with van der Waals surface area (Å²) in [6.07, 6.45) is 0.633. The van der Waals surface area contributed by atoms with Crippen molar-refractivity contribution >= 4 is 23.5 Å². The first-order valence-electron chi connectivity index (χ1n) is 7.17. The fourth-order valence-electron chi connectivity index (χ4n) is 2.10. The van der Waals surface area contributed by atoms with Crippen LogP contribution in [0.4, 0.5) is 0 Å². The van der Waals surface area contributed by atoms with Crippen molar-refractivity contribution < 1.29 is 19.2 Å². The maximum Gasteiger partial charge on any atom is 0.323 e. The molecule has 1 N–H and O–H groups in total. The van der Waals surface area contributed by atoms with E-state index in [-0.39, 0.29) is 18.3 Å². The van der Waals surface area contributed by atoms with E-state index < -0.39 is 11.9 Å². The van der Waals surface area contributed by atoms with Crippen LogP contribution < -0.4 is 0 Å². The van der Waals surface area contributed by atoms with Gasteiger partial charge < -0.3 is 14.5 Å². The van der Waals surface area contributed by atoms with Crippen LogP contribution in [0.1, 0.15) is 30.8 Å². The van der Waals surface area contributed by atoms with Crippen LogP contribution in [0.2, 0.25) is 5.02 Å². The summed E-state index contributed by atoms with van der Waals surface area (Å²) in [5, 5.41) is 13.4. The van der Waals surface area contributed by atoms with Crippen LogP contribution >= 0.6 is 11.6 Å². The van der Waals surface area contributed by atoms with E-state index in [1.165, 1.54) is 11.0 Å². The number of aliphatic carboxylic acids is 1. The van der Waals surface area contributed by atoms with Crippen LogP contribution in [-0.4, -0.2) is 39.6 Å². The summed E-state index contributed by atoms with van der Waals surface area (Å²) in [5.74, 6) is -1.57. The molecule has 7 heteroatoms. The average molecular weight is 337 g/mol. The largest absolute Gasteiger partial charge is 0.480 e. The number of carboxylic acid groups (broad SMARTS) is 1. The number of benzene rings is 1. The first kappa shape index (κ1) is 17.0. The normalized spacial score (nSPS) is 12.0. The van der Waals surface area contributed by atoms with E-state index in [2.05, 4.69) is 5.16 Å². The summed E-state index contributed by atoms with van der Waals surface area (Å²) >= 11 is 5.93. The number of nitrogens with zero attached hydrogens (tertiary/aromatic N) is 2. The van der Waals surface area contributed by atoms with Crippen LogP contribution in [0.5, 0.6) is 0 Å². The van der Waals surface area contributed by atoms with Gasteiger partial charge in [-0.05, 0) is 25.5 Å². The van der Waals surface area contributed by atoms with Gasteiger partial charge in [0, 0.05) is 22.7 Å². The highest BCUT2D eigenvalue weighted by molar-refractivity contribution is 6.30. The van der Waals surface area contributed by atoms with Gasteiger partial charge in [-0.1, -0.05) is 35.8 Å². The van der Waals surface area contributed by atoms with Crippen LogP contribution in [0.15, 0.2) is 34.9 Å². The minimum absolute atomic E-state index is 0.00141. The number of hydrogen-bond donors (Lipinski definition) is 1. The Morgan fingerprint density at radius 2 is 2.13 bits per heavy atom. The van der Waals surface area contributed by atoms with Crippen molar-refractivity contribution in [1.82, 2.24) is 10.1 Å². The summed E-state index contributed by atoms with van der Waals surface area (Å²) < 4.78 is 5.10. The van der Waals surface area contributed by atoms with Crippen molar-refractivity contribution in [2.24, 2.45) is 0 Å². The van der Waals surface area contributed by atoms with E-state index in [1.807, 2.05) is 6.92 Å². The molecule has 0 aliphatic carbocycles. The summed E-state index contributed by atoms with van der Waals surface area (Å²) in [7, 11) is 0. The van der Waals surface area contributed by atoms with Gasteiger partial charge >= 0.3 is 5.97 Å². The van der Waals surface area contributed by atoms with E-state index in [4.69, 9.17) is 21.2 Å². The van der Waals surface area contributed by atoms with Gasteiger partial charge in [0.05, 0.1) is 0 Å². The molecule has 2 rings (SSSR count). The Morgan fingerprint density at radius 3 is 2.74 bits per heavy atom. The number of aromatic nitrogens is 1. The summed E-state index contributed by atoms with van der Waals surface area (Å²) in [4.78, 5) is 24.7. The van der Waals surface area contributed by atoms with Crippen molar-refractivity contribution in [3.8, 4) is 11.3 Å². The van der Waals surface area contributed by atoms with Gasteiger partial charge in [-0.25, -0.2) is 0 Å². The number of carboxylic acids is 1. The fourth-order valence-corrected chi connectivity index (χ4v) is 2.29. The fraction of sp³-hybridized carbons (Fsp3) is 0.312. The second-order valence-corrected chi connectivity index (χ2v) is 5.61. The Bertz CT molecular complexity index is 714. The quantitative estimate of drug-likeness (QED) is 0.874. The molecule has 0 fully saturated rings. The van der Waals surface area contributed by atoms with Gasteiger partial charge in [-0.15, -0.1) is 0 Å². The Hall–Kier alpha value is -2.34. The monoisotopic (exact) mass is 336 g/mol. The highest BCUT2D eigenvalue weighted by Gasteiger charge is 2.26. The van der Waals surface area contributed by atoms with Gasteiger partial charge in [-0.2, -0.15) is 0 Å². The number of carbonyl (C=O) groups is 2. The van der Waals surface area contributed by atoms with E-state index in [1.54, 1.807) is 31.2 Å². The second kappa shape index (κ2) is 7.28. The zero-order valence-corrected chi connectivity index (χ0v) is 13.6. The summed E-state index contributed by atoms with van der Waals surface area (Å²) in [6, 6.07) is 8.27. The molecule has 1 heterocycles. The SMILES string of the molecule is CCC(C)N(CC(=O)O)C(=O)c1cc(-c2cccc(Cl)c2)no1. The third kappa shape index (κ3) is 4.10. The molecule has 6 nitrogen and oxygen atoms in total. The predicted octanol–water partition coefficient (Wildman–Crippen LogP) is 3.32. The third-order valence-corrected chi connectivity index (χ3v) is 3.77. The zero-order chi connectivity index (χ0) is 17.0. The van der Waals surface area contributed by atoms with Gasteiger partial charge in [0.1, 0.15) is 12.2 Å². The molecule has 0 aliphatic heterocycles. The van der Waals surface area contributed by atoms with Crippen LogP contribution in [-0.2, 0) is 4.79 Å². The highest BCUT2D eigenvalue weighted by Crippen LogP contribution is 2.23. The number of hydrogen-bond acceptors (Lipinski definition) is 4. The predicted molar refractivity (Wildman–Crippen MR) is 85.4 cm³/mol. The lowest BCUT2D eigenvalue weighted by molar-refractivity contribution is -0.138. The molecule has 2 aromatic rings. The maximum absolute atomic E-state index is 12.5. The van der Waals surface area contributed by atoms with Crippen molar-refractivity contribution in [2.75, 3.05) is 6.54 Å². The smallest absolute Gasteiger partial charge is 0.323 e. The Labute approximate surface area is 138 Å². The molecule has 0 aliphatic rings. The van der Waals surface area contributed by atoms with E-state index in [0.29, 0.717) is 22.7 Å². The van der Waals surface area contributed by atoms with Crippen LogP contribution in [0.3, 0.4) is 0 Å². The molecule has 0 spiro atoms. The topological polar surface area (TPSA) is 83.6 Å². The first-order chi connectivity index (χ1) is 10.9. The Morgan fingerprint density at radius 1 is 1.39 bits per heavy atom. The van der Waals surface area contributed by atoms with Gasteiger partial charge in [0.25, 0.3) is 5.91 Å². The molecule has 0 bridgehead atoms. The maximum atomic E-state index is 12.5. The minimum atomic E-state index is -1.08. The van der Waals surface area contributed by atoms with Crippen molar-refractivity contribution in [3.63, 3.8) is 0 Å². The standard InChI is InChI=1S/C16H17ClN2O4/c1-3-10(2)19(9-15(20)21)16(22)14-8-13(18-23-14)11-5-4-6-12(17)7-11/h4-8,10H,3,9H2,1-2H3,(H,20,21). The number of rotatable bonds is 6. The van der Waals surface area contributed by atoms with Crippen molar-refractivity contribution in [3.05, 3.63) is 41.1 Å². The van der Waals surface area contributed by atoms with E-state index in [9.17, 15) is 9.59 Å². The number of halogens is 1. The molecule has 122 valence electrons. The lowest BCUT2D eigenvalue weighted by atomic mass is 10.1. The summed E-state index contributed by atoms with van der Waals surface area (Å²) in [5.41, 5.74) is 1.18. The molecule has 0 saturated heterocycles. The molecular formula is C16H17ClN2O4. The lowest BCUT2D eigenvalue weighted by Crippen LogP contribution is -2.41. The molecule has 1 atom stereocenters. The zero-order valence-electron chi connectivity index (χ0n) is 12.8. The molecule has 23 heavy (non-hydrogen) atoms. The van der Waals surface area contributed by atoms with Crippen molar-refractivity contribution in [1.29, 1.82) is 0 Å². The Kier molecular flexibility index (Phi) is 5.39. The second-order valence-electron chi connectivity index (χ2n) is 5.17. The summed E-state index contributed by atoms with van der Waals surface area (Å²) in [6.45, 7) is 3.28. The van der Waals surface area contributed by atoms with Gasteiger partial charge in [-0.3, -0.25) is 9.59 Å². The van der Waals surface area contributed by atoms with E-state index in [0.717, 1.165) is 0 Å². The highest BCUT2D eigenvalue weighted by atomic mass is 35.5. The molecule has 1 aromatic heterocycles. The van der Waals surface area contributed by atoms with Gasteiger partial charge in [0.2, 0.25) is 5.76 Å². The van der Waals surface area contributed by atoms with Crippen LogP contribution in [0, 0.1) is 0 Å². The molecule has 1 unspecified atom stereocenters. The molecule has 1 amide bonds. The molecule has 1 aromatic carbocycles. The van der Waals surface area contributed by atoms with Crippen LogP contribution in [0.25, 0.3) is 11.3 Å². The number of carbonyl (C=O) groups excluding carboxylic acids is 1. The molecule has 0 radical (unpaired) electrons. The lowest BCUT2D eigenvalue weighted by Gasteiger charge is -2.25. The Balaban J connectivity index is 2.27. The first-order valence-corrected chi connectivity index (χ1v) is 7.55.